The number of allylic oxidation sites excluding steroid dienone is 1. The fourth-order valence-electron chi connectivity index (χ4n) is 4.66. The van der Waals surface area contributed by atoms with Gasteiger partial charge in [0.25, 0.3) is 0 Å². The number of ketones is 1. The average molecular weight is 571 g/mol. The quantitative estimate of drug-likeness (QED) is 0.210. The molecule has 0 aromatic rings. The lowest BCUT2D eigenvalue weighted by atomic mass is 10.1. The molecule has 0 saturated carbocycles. The maximum absolute atomic E-state index is 12.7. The van der Waals surface area contributed by atoms with E-state index in [1.807, 2.05) is 16.8 Å². The number of likely N-dealkylation sites (N-methyl/N-ethyl adjacent to an activating group) is 1. The Balaban J connectivity index is 1.68. The minimum atomic E-state index is -0.921. The molecule has 2 aliphatic heterocycles. The van der Waals surface area contributed by atoms with Crippen LogP contribution >= 0.6 is 0 Å². The van der Waals surface area contributed by atoms with Crippen LogP contribution < -0.4 is 0 Å². The number of nitrogens with zero attached hydrogens (tertiary/aromatic N) is 4. The van der Waals surface area contributed by atoms with Crippen LogP contribution in [0.4, 0.5) is 0 Å². The number of carbonyl (C=O) groups is 3. The zero-order valence-corrected chi connectivity index (χ0v) is 24.2. The van der Waals surface area contributed by atoms with E-state index in [0.29, 0.717) is 91.6 Å². The largest absolute Gasteiger partial charge is 0.480 e. The Kier molecular flexibility index (Phi) is 17.9. The van der Waals surface area contributed by atoms with Crippen molar-refractivity contribution in [3.8, 4) is 0 Å². The molecule has 0 spiro atoms. The van der Waals surface area contributed by atoms with Gasteiger partial charge in [-0.05, 0) is 32.7 Å². The smallest absolute Gasteiger partial charge is 0.317 e. The summed E-state index contributed by atoms with van der Waals surface area (Å²) < 4.78 is 17.1. The van der Waals surface area contributed by atoms with Crippen molar-refractivity contribution in [3.63, 3.8) is 0 Å². The van der Waals surface area contributed by atoms with Gasteiger partial charge in [-0.25, -0.2) is 0 Å². The first kappa shape index (κ1) is 34.3. The molecule has 2 heterocycles. The van der Waals surface area contributed by atoms with Gasteiger partial charge in [-0.2, -0.15) is 0 Å². The topological polar surface area (TPSA) is 132 Å². The Morgan fingerprint density at radius 1 is 0.775 bits per heavy atom. The van der Waals surface area contributed by atoms with Crippen molar-refractivity contribution in [2.75, 3.05) is 112 Å². The number of carboxylic acid groups (broad SMARTS) is 2. The summed E-state index contributed by atoms with van der Waals surface area (Å²) in [4.78, 5) is 43.2. The zero-order valence-electron chi connectivity index (χ0n) is 24.2. The molecular formula is C28H50N4O8. The van der Waals surface area contributed by atoms with Gasteiger partial charge in [0.2, 0.25) is 0 Å². The van der Waals surface area contributed by atoms with Crippen LogP contribution in [0.25, 0.3) is 0 Å². The predicted molar refractivity (Wildman–Crippen MR) is 151 cm³/mol. The van der Waals surface area contributed by atoms with Gasteiger partial charge in [-0.3, -0.25) is 29.1 Å². The number of carbonyl (C=O) groups excluding carboxylic acids is 1. The third-order valence-corrected chi connectivity index (χ3v) is 7.06. The molecule has 2 aliphatic rings. The predicted octanol–water partition coefficient (Wildman–Crippen LogP) is 0.515. The van der Waals surface area contributed by atoms with Gasteiger partial charge in [0.1, 0.15) is 5.78 Å². The van der Waals surface area contributed by atoms with Crippen molar-refractivity contribution in [3.05, 3.63) is 12.2 Å². The van der Waals surface area contributed by atoms with Crippen molar-refractivity contribution in [2.45, 2.75) is 38.2 Å². The number of carboxylic acids is 2. The molecule has 0 unspecified atom stereocenters. The first-order valence-corrected chi connectivity index (χ1v) is 14.5. The van der Waals surface area contributed by atoms with Crippen molar-refractivity contribution in [2.24, 2.45) is 0 Å². The highest BCUT2D eigenvalue weighted by molar-refractivity contribution is 5.80. The van der Waals surface area contributed by atoms with E-state index < -0.39 is 11.9 Å². The minimum absolute atomic E-state index is 0.0699. The van der Waals surface area contributed by atoms with Crippen LogP contribution in [0.1, 0.15) is 32.1 Å². The Hall–Kier alpha value is -1.93. The number of hydrogen-bond acceptors (Lipinski definition) is 10. The summed E-state index contributed by atoms with van der Waals surface area (Å²) >= 11 is 0. The van der Waals surface area contributed by atoms with E-state index in [-0.39, 0.29) is 25.0 Å². The number of aliphatic carboxylic acids is 2. The molecule has 12 nitrogen and oxygen atoms in total. The summed E-state index contributed by atoms with van der Waals surface area (Å²) in [6.07, 6.45) is 8.50. The zero-order chi connectivity index (χ0) is 29.0. The van der Waals surface area contributed by atoms with Crippen molar-refractivity contribution in [1.82, 2.24) is 19.6 Å². The number of Topliss-reactive ketones (excluding diaryl/α,β-unsaturated/α-hetero) is 1. The van der Waals surface area contributed by atoms with E-state index in [2.05, 4.69) is 22.0 Å². The fourth-order valence-corrected chi connectivity index (χ4v) is 4.66. The molecule has 1 atom stereocenters. The van der Waals surface area contributed by atoms with Gasteiger partial charge in [0.05, 0.1) is 52.2 Å². The van der Waals surface area contributed by atoms with Crippen LogP contribution in [0.2, 0.25) is 0 Å². The molecule has 2 rings (SSSR count). The highest BCUT2D eigenvalue weighted by Crippen LogP contribution is 2.09. The number of rotatable bonds is 15. The SMILES string of the molecule is CN1CCN(CC(=O)O)CCN(CC(=O)O)CCN(CC(=O)CCCOCCOC[C@@H]2CC/C=C/CCO2)CC1. The molecule has 0 aromatic carbocycles. The Morgan fingerprint density at radius 3 is 1.95 bits per heavy atom. The van der Waals surface area contributed by atoms with Crippen LogP contribution in [0.3, 0.4) is 0 Å². The molecule has 0 bridgehead atoms. The van der Waals surface area contributed by atoms with Crippen LogP contribution in [0, 0.1) is 0 Å². The lowest BCUT2D eigenvalue weighted by molar-refractivity contribution is -0.140. The molecule has 0 radical (unpaired) electrons. The maximum atomic E-state index is 12.7. The van der Waals surface area contributed by atoms with Gasteiger partial charge in [0.15, 0.2) is 0 Å². The molecule has 0 aliphatic carbocycles. The lowest BCUT2D eigenvalue weighted by Gasteiger charge is -2.32. The number of ether oxygens (including phenoxy) is 3. The molecule has 230 valence electrons. The third-order valence-electron chi connectivity index (χ3n) is 7.06. The first-order chi connectivity index (χ1) is 19.3. The highest BCUT2D eigenvalue weighted by atomic mass is 16.5. The van der Waals surface area contributed by atoms with E-state index in [9.17, 15) is 24.6 Å². The van der Waals surface area contributed by atoms with Gasteiger partial charge >= 0.3 is 11.9 Å². The lowest BCUT2D eigenvalue weighted by Crippen LogP contribution is -2.47. The van der Waals surface area contributed by atoms with Crippen LogP contribution in [-0.4, -0.2) is 166 Å². The van der Waals surface area contributed by atoms with E-state index in [0.717, 1.165) is 32.4 Å². The van der Waals surface area contributed by atoms with E-state index in [4.69, 9.17) is 14.2 Å². The van der Waals surface area contributed by atoms with Crippen molar-refractivity contribution in [1.29, 1.82) is 0 Å². The second kappa shape index (κ2) is 20.9. The summed E-state index contributed by atoms with van der Waals surface area (Å²) in [7, 11) is 1.99. The van der Waals surface area contributed by atoms with Crippen LogP contribution in [0.5, 0.6) is 0 Å². The molecule has 0 aromatic heterocycles. The van der Waals surface area contributed by atoms with Crippen molar-refractivity contribution >= 4 is 17.7 Å². The molecule has 12 heteroatoms. The Morgan fingerprint density at radius 2 is 1.32 bits per heavy atom. The monoisotopic (exact) mass is 570 g/mol. The van der Waals surface area contributed by atoms with Crippen LogP contribution in [0.15, 0.2) is 12.2 Å². The fraction of sp³-hybridized carbons (Fsp3) is 0.821. The van der Waals surface area contributed by atoms with Crippen molar-refractivity contribution < 1.29 is 38.8 Å². The molecule has 0 amide bonds. The van der Waals surface area contributed by atoms with Gasteiger partial charge in [-0.15, -0.1) is 0 Å². The second-order valence-electron chi connectivity index (χ2n) is 10.6. The summed E-state index contributed by atoms with van der Waals surface area (Å²) in [5.41, 5.74) is 0. The molecular weight excluding hydrogens is 520 g/mol. The van der Waals surface area contributed by atoms with Gasteiger partial charge in [0, 0.05) is 65.4 Å². The van der Waals surface area contributed by atoms with E-state index >= 15 is 0 Å². The molecule has 1 saturated heterocycles. The average Bonchev–Trinajstić information content (AvgIpc) is 2.88. The molecule has 40 heavy (non-hydrogen) atoms. The summed E-state index contributed by atoms with van der Waals surface area (Å²) in [6.45, 7) is 7.62. The second-order valence-corrected chi connectivity index (χ2v) is 10.6. The summed E-state index contributed by atoms with van der Waals surface area (Å²) in [5.74, 6) is -1.67. The Bertz CT molecular complexity index is 769. The van der Waals surface area contributed by atoms with E-state index in [1.54, 1.807) is 0 Å². The normalized spacial score (nSPS) is 22.5. The number of hydrogen-bond donors (Lipinski definition) is 2. The first-order valence-electron chi connectivity index (χ1n) is 14.5. The van der Waals surface area contributed by atoms with Gasteiger partial charge < -0.3 is 29.3 Å². The standard InChI is InChI=1S/C28H50N4O8/c1-29-9-11-30(13-14-32(23-28(36)37)16-15-31(12-10-29)22-27(34)35)21-25(33)7-6-17-38-19-20-39-24-26-8-4-2-3-5-18-40-26/h2-3,26H,4-24H2,1H3,(H,34,35)(H,36,37)/b3-2+/t26-/m0/s1. The molecule has 2 N–H and O–H groups in total. The van der Waals surface area contributed by atoms with Gasteiger partial charge in [-0.1, -0.05) is 12.2 Å². The third kappa shape index (κ3) is 17.0. The Labute approximate surface area is 238 Å². The highest BCUT2D eigenvalue weighted by Gasteiger charge is 2.19. The minimum Gasteiger partial charge on any atom is -0.480 e. The van der Waals surface area contributed by atoms with E-state index in [1.165, 1.54) is 0 Å². The summed E-state index contributed by atoms with van der Waals surface area (Å²) in [6, 6.07) is 0. The summed E-state index contributed by atoms with van der Waals surface area (Å²) in [5, 5.41) is 18.5. The van der Waals surface area contributed by atoms with Crippen LogP contribution in [-0.2, 0) is 28.6 Å². The maximum Gasteiger partial charge on any atom is 0.317 e. The molecule has 1 fully saturated rings.